The maximum atomic E-state index is 10.6. The number of non-ortho nitro benzene ring substituents is 1. The van der Waals surface area contributed by atoms with E-state index in [-0.39, 0.29) is 5.69 Å². The predicted molar refractivity (Wildman–Crippen MR) is 91.0 cm³/mol. The first-order valence-electron chi connectivity index (χ1n) is 7.42. The number of hydrazone groups is 1. The monoisotopic (exact) mass is 320 g/mol. The third-order valence-corrected chi connectivity index (χ3v) is 3.97. The van der Waals surface area contributed by atoms with E-state index in [0.717, 1.165) is 24.1 Å². The van der Waals surface area contributed by atoms with Crippen LogP contribution in [0.5, 0.6) is 0 Å². The lowest BCUT2D eigenvalue weighted by molar-refractivity contribution is -0.384. The molecule has 0 bridgehead atoms. The SMILES string of the molecule is CC(=NNC(=S)NC1CCCCC1)c1ccc([N+](=O)[O-])cc1. The third-order valence-electron chi connectivity index (χ3n) is 3.76. The molecule has 0 aromatic heterocycles. The van der Waals surface area contributed by atoms with Gasteiger partial charge >= 0.3 is 0 Å². The fraction of sp³-hybridized carbons (Fsp3) is 0.467. The molecule has 6 nitrogen and oxygen atoms in total. The summed E-state index contributed by atoms with van der Waals surface area (Å²) in [6.07, 6.45) is 6.08. The fourth-order valence-electron chi connectivity index (χ4n) is 2.49. The van der Waals surface area contributed by atoms with Gasteiger partial charge in [0.05, 0.1) is 10.6 Å². The van der Waals surface area contributed by atoms with Crippen molar-refractivity contribution in [3.05, 3.63) is 39.9 Å². The molecule has 0 radical (unpaired) electrons. The largest absolute Gasteiger partial charge is 0.359 e. The van der Waals surface area contributed by atoms with Crippen LogP contribution in [0.4, 0.5) is 5.69 Å². The Morgan fingerprint density at radius 1 is 1.27 bits per heavy atom. The Bertz CT molecular complexity index is 565. The Balaban J connectivity index is 1.88. The van der Waals surface area contributed by atoms with E-state index in [9.17, 15) is 10.1 Å². The van der Waals surface area contributed by atoms with Gasteiger partial charge in [0, 0.05) is 18.2 Å². The third kappa shape index (κ3) is 4.77. The zero-order chi connectivity index (χ0) is 15.9. The van der Waals surface area contributed by atoms with Gasteiger partial charge in [0.2, 0.25) is 0 Å². The number of nitrogens with zero attached hydrogens (tertiary/aromatic N) is 2. The van der Waals surface area contributed by atoms with Crippen LogP contribution in [0.3, 0.4) is 0 Å². The van der Waals surface area contributed by atoms with E-state index in [0.29, 0.717) is 11.2 Å². The standard InChI is InChI=1S/C15H20N4O2S/c1-11(12-7-9-14(10-8-12)19(20)21)17-18-15(22)16-13-5-3-2-4-6-13/h7-10,13H,2-6H2,1H3,(H2,16,18,22). The van der Waals surface area contributed by atoms with Crippen molar-refractivity contribution >= 4 is 28.7 Å². The van der Waals surface area contributed by atoms with E-state index in [4.69, 9.17) is 12.2 Å². The number of hydrogen-bond acceptors (Lipinski definition) is 4. The summed E-state index contributed by atoms with van der Waals surface area (Å²) in [4.78, 5) is 10.2. The van der Waals surface area contributed by atoms with Crippen LogP contribution in [0.1, 0.15) is 44.6 Å². The molecule has 118 valence electrons. The molecule has 0 saturated heterocycles. The van der Waals surface area contributed by atoms with Crippen LogP contribution < -0.4 is 10.7 Å². The Kier molecular flexibility index (Phi) is 5.83. The highest BCUT2D eigenvalue weighted by molar-refractivity contribution is 7.80. The van der Waals surface area contributed by atoms with Crippen molar-refractivity contribution in [2.45, 2.75) is 45.1 Å². The lowest BCUT2D eigenvalue weighted by atomic mass is 9.96. The van der Waals surface area contributed by atoms with Gasteiger partial charge in [0.1, 0.15) is 0 Å². The summed E-state index contributed by atoms with van der Waals surface area (Å²) in [5, 5.41) is 18.6. The second-order valence-corrected chi connectivity index (χ2v) is 5.83. The summed E-state index contributed by atoms with van der Waals surface area (Å²) in [6.45, 7) is 1.83. The first kappa shape index (κ1) is 16.4. The summed E-state index contributed by atoms with van der Waals surface area (Å²) in [6, 6.07) is 6.72. The van der Waals surface area contributed by atoms with Crippen LogP contribution in [-0.2, 0) is 0 Å². The topological polar surface area (TPSA) is 79.6 Å². The van der Waals surface area contributed by atoms with E-state index in [1.54, 1.807) is 12.1 Å². The maximum Gasteiger partial charge on any atom is 0.269 e. The molecule has 7 heteroatoms. The van der Waals surface area contributed by atoms with Crippen molar-refractivity contribution in [3.8, 4) is 0 Å². The molecule has 0 unspecified atom stereocenters. The quantitative estimate of drug-likeness (QED) is 0.386. The second kappa shape index (κ2) is 7.84. The maximum absolute atomic E-state index is 10.6. The van der Waals surface area contributed by atoms with Gasteiger partial charge in [0.15, 0.2) is 5.11 Å². The number of rotatable bonds is 4. The van der Waals surface area contributed by atoms with Gasteiger partial charge in [-0.15, -0.1) is 0 Å². The summed E-state index contributed by atoms with van der Waals surface area (Å²) in [7, 11) is 0. The van der Waals surface area contributed by atoms with Crippen LogP contribution in [-0.4, -0.2) is 21.8 Å². The summed E-state index contributed by atoms with van der Waals surface area (Å²) in [5.74, 6) is 0. The van der Waals surface area contributed by atoms with Crippen LogP contribution in [0.15, 0.2) is 29.4 Å². The van der Waals surface area contributed by atoms with Gasteiger partial charge in [0.25, 0.3) is 5.69 Å². The first-order valence-corrected chi connectivity index (χ1v) is 7.82. The molecule has 1 aromatic carbocycles. The molecule has 1 aromatic rings. The average Bonchev–Trinajstić information content (AvgIpc) is 2.53. The average molecular weight is 320 g/mol. The highest BCUT2D eigenvalue weighted by Crippen LogP contribution is 2.17. The van der Waals surface area contributed by atoms with Crippen molar-refractivity contribution < 1.29 is 4.92 Å². The van der Waals surface area contributed by atoms with Crippen LogP contribution in [0.2, 0.25) is 0 Å². The van der Waals surface area contributed by atoms with Gasteiger partial charge in [-0.3, -0.25) is 15.5 Å². The molecule has 0 spiro atoms. The number of hydrogen-bond donors (Lipinski definition) is 2. The van der Waals surface area contributed by atoms with Gasteiger partial charge in [-0.1, -0.05) is 19.3 Å². The van der Waals surface area contributed by atoms with Crippen LogP contribution in [0.25, 0.3) is 0 Å². The molecule has 0 amide bonds. The second-order valence-electron chi connectivity index (χ2n) is 5.42. The lowest BCUT2D eigenvalue weighted by Gasteiger charge is -2.23. The van der Waals surface area contributed by atoms with E-state index in [2.05, 4.69) is 15.8 Å². The van der Waals surface area contributed by atoms with Crippen LogP contribution in [0, 0.1) is 10.1 Å². The highest BCUT2D eigenvalue weighted by atomic mass is 32.1. The molecular formula is C15H20N4O2S. The molecule has 1 saturated carbocycles. The number of thiocarbonyl (C=S) groups is 1. The minimum Gasteiger partial charge on any atom is -0.359 e. The van der Waals surface area contributed by atoms with Gasteiger partial charge in [-0.25, -0.2) is 0 Å². The smallest absolute Gasteiger partial charge is 0.269 e. The molecular weight excluding hydrogens is 300 g/mol. The van der Waals surface area contributed by atoms with E-state index in [1.165, 1.54) is 31.4 Å². The molecule has 2 rings (SSSR count). The summed E-state index contributed by atoms with van der Waals surface area (Å²) < 4.78 is 0. The lowest BCUT2D eigenvalue weighted by Crippen LogP contribution is -2.41. The minimum atomic E-state index is -0.419. The molecule has 1 aliphatic carbocycles. The predicted octanol–water partition coefficient (Wildman–Crippen LogP) is 3.12. The number of nitro groups is 1. The molecule has 0 heterocycles. The Morgan fingerprint density at radius 3 is 2.50 bits per heavy atom. The van der Waals surface area contributed by atoms with Crippen LogP contribution >= 0.6 is 12.2 Å². The van der Waals surface area contributed by atoms with E-state index in [1.807, 2.05) is 6.92 Å². The summed E-state index contributed by atoms with van der Waals surface area (Å²) in [5.41, 5.74) is 4.45. The molecule has 0 atom stereocenters. The number of nitro benzene ring substituents is 1. The molecule has 0 aliphatic heterocycles. The van der Waals surface area contributed by atoms with Crippen molar-refractivity contribution in [2.75, 3.05) is 0 Å². The Labute approximate surface area is 135 Å². The highest BCUT2D eigenvalue weighted by Gasteiger charge is 2.13. The minimum absolute atomic E-state index is 0.0685. The fourth-order valence-corrected chi connectivity index (χ4v) is 2.70. The van der Waals surface area contributed by atoms with E-state index >= 15 is 0 Å². The van der Waals surface area contributed by atoms with Gasteiger partial charge in [-0.2, -0.15) is 5.10 Å². The first-order chi connectivity index (χ1) is 10.6. The van der Waals surface area contributed by atoms with Crippen molar-refractivity contribution in [1.29, 1.82) is 0 Å². The number of benzene rings is 1. The molecule has 1 aliphatic rings. The van der Waals surface area contributed by atoms with E-state index < -0.39 is 4.92 Å². The summed E-state index contributed by atoms with van der Waals surface area (Å²) >= 11 is 5.24. The molecule has 2 N–H and O–H groups in total. The van der Waals surface area contributed by atoms with Gasteiger partial charge < -0.3 is 5.32 Å². The normalized spacial score (nSPS) is 16.1. The molecule has 1 fully saturated rings. The number of nitrogens with one attached hydrogen (secondary N) is 2. The van der Waals surface area contributed by atoms with Crippen molar-refractivity contribution in [3.63, 3.8) is 0 Å². The van der Waals surface area contributed by atoms with Crippen molar-refractivity contribution in [2.24, 2.45) is 5.10 Å². The zero-order valence-electron chi connectivity index (χ0n) is 12.5. The molecule has 22 heavy (non-hydrogen) atoms. The van der Waals surface area contributed by atoms with Gasteiger partial charge in [-0.05, 0) is 49.7 Å². The van der Waals surface area contributed by atoms with Crippen molar-refractivity contribution in [1.82, 2.24) is 10.7 Å². The Hall–Kier alpha value is -2.02. The zero-order valence-corrected chi connectivity index (χ0v) is 13.4. The Morgan fingerprint density at radius 2 is 1.91 bits per heavy atom.